The molecule has 1 saturated carbocycles. The lowest BCUT2D eigenvalue weighted by Crippen LogP contribution is -2.40. The number of aromatic hydroxyl groups is 2. The first-order valence-electron chi connectivity index (χ1n) is 7.43. The maximum atomic E-state index is 12.0. The smallest absolute Gasteiger partial charge is 0.342 e. The number of benzene rings is 1. The van der Waals surface area contributed by atoms with Crippen molar-refractivity contribution in [2.75, 3.05) is 0 Å². The van der Waals surface area contributed by atoms with Gasteiger partial charge in [-0.05, 0) is 38.3 Å². The number of esters is 1. The predicted octanol–water partition coefficient (Wildman–Crippen LogP) is 2.01. The topological polar surface area (TPSA) is 95.9 Å². The monoisotopic (exact) mass is 307 g/mol. The maximum Gasteiger partial charge on any atom is 0.342 e. The summed E-state index contributed by atoms with van der Waals surface area (Å²) in [6, 6.07) is 2.99. The molecule has 6 heteroatoms. The first-order valence-corrected chi connectivity index (χ1v) is 7.43. The third kappa shape index (κ3) is 3.50. The fourth-order valence-electron chi connectivity index (χ4n) is 2.51. The second-order valence-corrected chi connectivity index (χ2v) is 5.66. The van der Waals surface area contributed by atoms with E-state index in [1.54, 1.807) is 6.92 Å². The lowest BCUT2D eigenvalue weighted by Gasteiger charge is -2.17. The third-order valence-corrected chi connectivity index (χ3v) is 3.93. The minimum absolute atomic E-state index is 0.144. The highest BCUT2D eigenvalue weighted by Crippen LogP contribution is 2.32. The maximum absolute atomic E-state index is 12.0. The Balaban J connectivity index is 1.98. The van der Waals surface area contributed by atoms with Crippen LogP contribution in [-0.4, -0.2) is 34.2 Å². The van der Waals surface area contributed by atoms with Crippen molar-refractivity contribution in [2.45, 2.75) is 51.7 Å². The normalized spacial score (nSPS) is 16.3. The fraction of sp³-hybridized carbons (Fsp3) is 0.500. The minimum Gasteiger partial charge on any atom is -0.504 e. The van der Waals surface area contributed by atoms with Gasteiger partial charge in [0.15, 0.2) is 17.6 Å². The van der Waals surface area contributed by atoms with Gasteiger partial charge in [-0.25, -0.2) is 4.79 Å². The lowest BCUT2D eigenvalue weighted by molar-refractivity contribution is -0.129. The Hall–Kier alpha value is -2.24. The molecule has 22 heavy (non-hydrogen) atoms. The van der Waals surface area contributed by atoms with Gasteiger partial charge in [-0.2, -0.15) is 0 Å². The van der Waals surface area contributed by atoms with Gasteiger partial charge in [-0.3, -0.25) is 4.79 Å². The van der Waals surface area contributed by atoms with Crippen LogP contribution in [0.4, 0.5) is 0 Å². The summed E-state index contributed by atoms with van der Waals surface area (Å²) < 4.78 is 5.06. The standard InChI is InChI=1S/C16H21NO5/c1-9-7-8-12(14(19)13(9)18)16(21)22-10(2)15(20)17-11-5-3-4-6-11/h7-8,10-11,18-19H,3-6H2,1-2H3,(H,17,20). The summed E-state index contributed by atoms with van der Waals surface area (Å²) in [5.41, 5.74) is 0.282. The van der Waals surface area contributed by atoms with Crippen molar-refractivity contribution in [2.24, 2.45) is 0 Å². The van der Waals surface area contributed by atoms with Crippen LogP contribution in [0.5, 0.6) is 11.5 Å². The van der Waals surface area contributed by atoms with E-state index < -0.39 is 17.8 Å². The van der Waals surface area contributed by atoms with E-state index in [1.165, 1.54) is 19.1 Å². The van der Waals surface area contributed by atoms with Crippen LogP contribution in [0.1, 0.15) is 48.5 Å². The fourth-order valence-corrected chi connectivity index (χ4v) is 2.51. The number of aryl methyl sites for hydroxylation is 1. The number of phenolic OH excluding ortho intramolecular Hbond substituents is 2. The van der Waals surface area contributed by atoms with E-state index >= 15 is 0 Å². The number of amides is 1. The summed E-state index contributed by atoms with van der Waals surface area (Å²) in [6.45, 7) is 3.08. The quantitative estimate of drug-likeness (QED) is 0.584. The summed E-state index contributed by atoms with van der Waals surface area (Å²) in [7, 11) is 0. The molecule has 0 saturated heterocycles. The molecule has 0 spiro atoms. The second kappa shape index (κ2) is 6.68. The van der Waals surface area contributed by atoms with Crippen molar-refractivity contribution in [3.63, 3.8) is 0 Å². The van der Waals surface area contributed by atoms with E-state index in [2.05, 4.69) is 5.32 Å². The van der Waals surface area contributed by atoms with Crippen molar-refractivity contribution < 1.29 is 24.5 Å². The van der Waals surface area contributed by atoms with Crippen molar-refractivity contribution in [1.29, 1.82) is 0 Å². The van der Waals surface area contributed by atoms with Gasteiger partial charge in [0.05, 0.1) is 0 Å². The molecule has 2 rings (SSSR count). The van der Waals surface area contributed by atoms with Crippen LogP contribution in [0.2, 0.25) is 0 Å². The predicted molar refractivity (Wildman–Crippen MR) is 79.8 cm³/mol. The van der Waals surface area contributed by atoms with E-state index in [9.17, 15) is 19.8 Å². The number of carbonyl (C=O) groups is 2. The van der Waals surface area contributed by atoms with Gasteiger partial charge in [0.1, 0.15) is 5.56 Å². The van der Waals surface area contributed by atoms with Crippen LogP contribution in [0, 0.1) is 6.92 Å². The summed E-state index contributed by atoms with van der Waals surface area (Å²) >= 11 is 0. The summed E-state index contributed by atoms with van der Waals surface area (Å²) in [5.74, 6) is -2.09. The molecule has 3 N–H and O–H groups in total. The van der Waals surface area contributed by atoms with Gasteiger partial charge in [0.25, 0.3) is 5.91 Å². The van der Waals surface area contributed by atoms with E-state index in [-0.39, 0.29) is 23.3 Å². The van der Waals surface area contributed by atoms with Crippen LogP contribution in [0.25, 0.3) is 0 Å². The van der Waals surface area contributed by atoms with E-state index in [0.29, 0.717) is 5.56 Å². The SMILES string of the molecule is Cc1ccc(C(=O)OC(C)C(=O)NC2CCCC2)c(O)c1O. The number of phenols is 2. The van der Waals surface area contributed by atoms with Crippen LogP contribution < -0.4 is 5.32 Å². The molecule has 120 valence electrons. The molecule has 1 aliphatic rings. The number of nitrogens with one attached hydrogen (secondary N) is 1. The summed E-state index contributed by atoms with van der Waals surface area (Å²) in [4.78, 5) is 24.0. The Morgan fingerprint density at radius 3 is 2.50 bits per heavy atom. The molecule has 1 fully saturated rings. The third-order valence-electron chi connectivity index (χ3n) is 3.93. The van der Waals surface area contributed by atoms with Crippen LogP contribution in [0.3, 0.4) is 0 Å². The molecule has 1 unspecified atom stereocenters. The Morgan fingerprint density at radius 1 is 1.23 bits per heavy atom. The Morgan fingerprint density at radius 2 is 1.86 bits per heavy atom. The molecule has 0 aliphatic heterocycles. The molecule has 1 aliphatic carbocycles. The van der Waals surface area contributed by atoms with Crippen molar-refractivity contribution in [1.82, 2.24) is 5.32 Å². The molecule has 0 heterocycles. The zero-order chi connectivity index (χ0) is 16.3. The van der Waals surface area contributed by atoms with E-state index in [0.717, 1.165) is 25.7 Å². The first-order chi connectivity index (χ1) is 10.4. The number of carbonyl (C=O) groups excluding carboxylic acids is 2. The molecular formula is C16H21NO5. The first kappa shape index (κ1) is 16.1. The minimum atomic E-state index is -0.962. The molecule has 1 aromatic rings. The number of rotatable bonds is 4. The average molecular weight is 307 g/mol. The summed E-state index contributed by atoms with van der Waals surface area (Å²) in [6.07, 6.45) is 3.11. The number of hydrogen-bond donors (Lipinski definition) is 3. The molecule has 0 radical (unpaired) electrons. The highest BCUT2D eigenvalue weighted by atomic mass is 16.5. The van der Waals surface area contributed by atoms with Crippen molar-refractivity contribution in [3.8, 4) is 11.5 Å². The molecule has 6 nitrogen and oxygen atoms in total. The molecule has 0 aromatic heterocycles. The molecule has 1 atom stereocenters. The largest absolute Gasteiger partial charge is 0.504 e. The van der Waals surface area contributed by atoms with E-state index in [4.69, 9.17) is 4.74 Å². The van der Waals surface area contributed by atoms with Gasteiger partial charge >= 0.3 is 5.97 Å². The molecule has 1 aromatic carbocycles. The number of hydrogen-bond acceptors (Lipinski definition) is 5. The van der Waals surface area contributed by atoms with Gasteiger partial charge in [-0.15, -0.1) is 0 Å². The van der Waals surface area contributed by atoms with Crippen LogP contribution >= 0.6 is 0 Å². The van der Waals surface area contributed by atoms with Gasteiger partial charge in [0, 0.05) is 6.04 Å². The van der Waals surface area contributed by atoms with Crippen LogP contribution in [-0.2, 0) is 9.53 Å². The van der Waals surface area contributed by atoms with E-state index in [1.807, 2.05) is 0 Å². The zero-order valence-corrected chi connectivity index (χ0v) is 12.8. The van der Waals surface area contributed by atoms with Crippen LogP contribution in [0.15, 0.2) is 12.1 Å². The molecule has 0 bridgehead atoms. The number of ether oxygens (including phenoxy) is 1. The Kier molecular flexibility index (Phi) is 4.90. The Bertz CT molecular complexity index is 578. The average Bonchev–Trinajstić information content (AvgIpc) is 2.97. The van der Waals surface area contributed by atoms with Crippen molar-refractivity contribution in [3.05, 3.63) is 23.3 Å². The lowest BCUT2D eigenvalue weighted by atomic mass is 10.1. The highest BCUT2D eigenvalue weighted by Gasteiger charge is 2.25. The summed E-state index contributed by atoms with van der Waals surface area (Å²) in [5, 5.41) is 22.3. The van der Waals surface area contributed by atoms with Gasteiger partial charge in [-0.1, -0.05) is 18.9 Å². The second-order valence-electron chi connectivity index (χ2n) is 5.66. The highest BCUT2D eigenvalue weighted by molar-refractivity contribution is 5.95. The zero-order valence-electron chi connectivity index (χ0n) is 12.8. The molecular weight excluding hydrogens is 286 g/mol. The van der Waals surface area contributed by atoms with Crippen molar-refractivity contribution >= 4 is 11.9 Å². The van der Waals surface area contributed by atoms with Gasteiger partial charge < -0.3 is 20.3 Å². The van der Waals surface area contributed by atoms with Gasteiger partial charge in [0.2, 0.25) is 0 Å². The molecule has 1 amide bonds. The Labute approximate surface area is 129 Å².